The fourth-order valence-corrected chi connectivity index (χ4v) is 8.75. The first-order valence-corrected chi connectivity index (χ1v) is 20.6. The van der Waals surface area contributed by atoms with Gasteiger partial charge in [-0.2, -0.15) is 0 Å². The van der Waals surface area contributed by atoms with Gasteiger partial charge in [0.05, 0.1) is 34.3 Å². The number of nitrogens with one attached hydrogen (secondary N) is 3. The molecule has 58 heavy (non-hydrogen) atoms. The van der Waals surface area contributed by atoms with Crippen molar-refractivity contribution in [3.05, 3.63) is 68.3 Å². The average molecular weight is 794 g/mol. The number of carbonyl (C=O) groups is 5. The quantitative estimate of drug-likeness (QED) is 0.135. The number of aromatic amines is 2. The molecule has 3 N–H and O–H groups in total. The van der Waals surface area contributed by atoms with E-state index in [1.54, 1.807) is 41.5 Å². The molecule has 4 atom stereocenters. The van der Waals surface area contributed by atoms with E-state index >= 15 is 0 Å². The van der Waals surface area contributed by atoms with Crippen molar-refractivity contribution < 1.29 is 33.4 Å². The lowest BCUT2D eigenvalue weighted by atomic mass is 9.80. The van der Waals surface area contributed by atoms with E-state index in [0.29, 0.717) is 53.8 Å². The zero-order valence-corrected chi connectivity index (χ0v) is 36.2. The summed E-state index contributed by atoms with van der Waals surface area (Å²) in [7, 11) is 0. The summed E-state index contributed by atoms with van der Waals surface area (Å²) in [5, 5.41) is 2.76. The summed E-state index contributed by atoms with van der Waals surface area (Å²) in [6, 6.07) is 2.59. The van der Waals surface area contributed by atoms with Crippen LogP contribution < -0.4 is 5.32 Å². The third-order valence-corrected chi connectivity index (χ3v) is 12.0. The molecule has 0 spiro atoms. The first-order chi connectivity index (χ1) is 27.1. The van der Waals surface area contributed by atoms with Gasteiger partial charge in [-0.25, -0.2) is 9.78 Å². The zero-order valence-electron chi connectivity index (χ0n) is 36.2. The largest absolute Gasteiger partial charge is 0.460 e. The summed E-state index contributed by atoms with van der Waals surface area (Å²) in [6.45, 7) is 22.5. The highest BCUT2D eigenvalue weighted by Gasteiger charge is 2.41. The van der Waals surface area contributed by atoms with Crippen LogP contribution in [-0.4, -0.2) is 67.1 Å². The highest BCUT2D eigenvalue weighted by atomic mass is 16.6. The maximum Gasteiger partial charge on any atom is 0.329 e. The number of ketones is 1. The molecule has 1 amide bonds. The van der Waals surface area contributed by atoms with Crippen LogP contribution in [0.1, 0.15) is 173 Å². The Morgan fingerprint density at radius 3 is 2.21 bits per heavy atom. The van der Waals surface area contributed by atoms with E-state index in [2.05, 4.69) is 29.1 Å². The van der Waals surface area contributed by atoms with E-state index in [1.165, 1.54) is 0 Å². The molecule has 310 valence electrons. The van der Waals surface area contributed by atoms with Crippen LogP contribution in [0, 0.1) is 13.8 Å². The maximum atomic E-state index is 14.1. The number of aldehydes is 1. The molecular weight excluding hydrogens is 735 g/mol. The molecule has 0 saturated carbocycles. The first-order valence-electron chi connectivity index (χ1n) is 20.6. The lowest BCUT2D eigenvalue weighted by Gasteiger charge is -2.26. The summed E-state index contributed by atoms with van der Waals surface area (Å²) >= 11 is 0. The van der Waals surface area contributed by atoms with E-state index < -0.39 is 40.5 Å². The minimum Gasteiger partial charge on any atom is -0.460 e. The van der Waals surface area contributed by atoms with Gasteiger partial charge in [0.2, 0.25) is 5.91 Å². The number of amides is 1. The molecule has 3 aliphatic rings. The predicted molar refractivity (Wildman–Crippen MR) is 223 cm³/mol. The number of rotatable bonds is 10. The minimum atomic E-state index is -1.24. The van der Waals surface area contributed by atoms with Crippen molar-refractivity contribution in [1.29, 1.82) is 0 Å². The van der Waals surface area contributed by atoms with E-state index in [-0.39, 0.29) is 30.5 Å². The normalized spacial score (nSPS) is 19.6. The fraction of sp³-hybridized carbons (Fsp3) is 0.543. The SMILES string of the molecule is CCc1c(C)c2[nH]c1cc1nc(cc3[nH]c4c(c5nc(c2C=O)[C@@H](C)[C@@H]5CCC(=O)NC(CC(=O)OC(C)(C)C)C(=O)OC(C)(C)C)CCc4c3C)C(=O)C1(C)CC. The van der Waals surface area contributed by atoms with Crippen LogP contribution in [0.25, 0.3) is 22.1 Å². The van der Waals surface area contributed by atoms with Gasteiger partial charge < -0.3 is 24.8 Å². The van der Waals surface area contributed by atoms with Gasteiger partial charge in [-0.3, -0.25) is 24.2 Å². The lowest BCUT2D eigenvalue weighted by molar-refractivity contribution is -0.165. The Bertz CT molecular complexity index is 2370. The number of aromatic nitrogens is 4. The van der Waals surface area contributed by atoms with Gasteiger partial charge in [0, 0.05) is 40.5 Å². The second kappa shape index (κ2) is 15.6. The van der Waals surface area contributed by atoms with Crippen molar-refractivity contribution in [2.24, 2.45) is 0 Å². The van der Waals surface area contributed by atoms with Crippen LogP contribution in [0.4, 0.5) is 0 Å². The number of hydrogen-bond acceptors (Lipinski definition) is 9. The summed E-state index contributed by atoms with van der Waals surface area (Å²) in [4.78, 5) is 84.6. The molecule has 0 radical (unpaired) electrons. The molecule has 5 heterocycles. The van der Waals surface area contributed by atoms with Crippen LogP contribution in [0.3, 0.4) is 0 Å². The molecular formula is C46H59N5O7. The van der Waals surface area contributed by atoms with Crippen molar-refractivity contribution in [1.82, 2.24) is 25.3 Å². The minimum absolute atomic E-state index is 0.0195. The summed E-state index contributed by atoms with van der Waals surface area (Å²) < 4.78 is 11.1. The van der Waals surface area contributed by atoms with E-state index in [1.807, 2.05) is 39.8 Å². The number of H-pyrrole nitrogens is 2. The Kier molecular flexibility index (Phi) is 11.4. The molecule has 0 saturated heterocycles. The Labute approximate surface area is 340 Å². The number of hydrogen-bond donors (Lipinski definition) is 3. The van der Waals surface area contributed by atoms with E-state index in [9.17, 15) is 24.0 Å². The number of carbonyl (C=O) groups excluding carboxylic acids is 5. The van der Waals surface area contributed by atoms with Gasteiger partial charge >= 0.3 is 11.9 Å². The molecule has 12 heteroatoms. The van der Waals surface area contributed by atoms with E-state index in [4.69, 9.17) is 19.4 Å². The first kappa shape index (κ1) is 42.5. The number of ether oxygens (including phenoxy) is 2. The third-order valence-electron chi connectivity index (χ3n) is 12.0. The Morgan fingerprint density at radius 2 is 1.59 bits per heavy atom. The van der Waals surface area contributed by atoms with Gasteiger partial charge in [-0.1, -0.05) is 20.8 Å². The van der Waals surface area contributed by atoms with Crippen LogP contribution in [-0.2, 0) is 48.5 Å². The van der Waals surface area contributed by atoms with Gasteiger partial charge in [-0.05, 0) is 134 Å². The Balaban J connectivity index is 1.48. The highest BCUT2D eigenvalue weighted by Crippen LogP contribution is 2.45. The van der Waals surface area contributed by atoms with Crippen LogP contribution in [0.15, 0.2) is 12.1 Å². The monoisotopic (exact) mass is 793 g/mol. The van der Waals surface area contributed by atoms with E-state index in [0.717, 1.165) is 62.8 Å². The van der Waals surface area contributed by atoms with Crippen LogP contribution in [0.2, 0.25) is 0 Å². The second-order valence-electron chi connectivity index (χ2n) is 18.3. The Morgan fingerprint density at radius 1 is 0.931 bits per heavy atom. The molecule has 0 aromatic carbocycles. The molecule has 3 aromatic rings. The molecule has 3 aromatic heterocycles. The van der Waals surface area contributed by atoms with Crippen LogP contribution >= 0.6 is 0 Å². The summed E-state index contributed by atoms with van der Waals surface area (Å²) in [5.74, 6) is -2.32. The number of esters is 2. The van der Waals surface area contributed by atoms with Crippen molar-refractivity contribution in [3.8, 4) is 0 Å². The average Bonchev–Trinajstić information content (AvgIpc) is 3.89. The summed E-state index contributed by atoms with van der Waals surface area (Å²) in [5.41, 5.74) is 8.93. The fourth-order valence-electron chi connectivity index (χ4n) is 8.75. The Hall–Kier alpha value is -5.13. The van der Waals surface area contributed by atoms with Crippen LogP contribution in [0.5, 0.6) is 0 Å². The molecule has 6 rings (SSSR count). The lowest BCUT2D eigenvalue weighted by Crippen LogP contribution is -2.46. The molecule has 12 nitrogen and oxygen atoms in total. The third kappa shape index (κ3) is 7.99. The van der Waals surface area contributed by atoms with Gasteiger partial charge in [0.25, 0.3) is 0 Å². The smallest absolute Gasteiger partial charge is 0.329 e. The molecule has 2 aliphatic heterocycles. The summed E-state index contributed by atoms with van der Waals surface area (Å²) in [6.07, 6.45) is 3.60. The number of nitrogens with zero attached hydrogens (tertiary/aromatic N) is 2. The number of Topliss-reactive ketones (excluding diaryl/α,β-unsaturated/α-hetero) is 1. The standard InChI is InChI=1S/C46H59N5O7/c1-13-26-24(4)38-30(22-52)39-25(5)28(17-18-36(53)48-34(43(56)58-45(9,10)11)21-37(54)57-44(6,7)8)41(51-39)29-16-15-27-23(3)31(49-40(27)29)19-33-42(55)46(12,14-2)35(47-33)20-32(26)50-38/h19-20,22,25,28,34,49-50H,13-18,21H2,1-12H3,(H,48,53)/t25-,28-,34?,46?/m0/s1. The van der Waals surface area contributed by atoms with Crippen molar-refractivity contribution in [2.75, 3.05) is 0 Å². The van der Waals surface area contributed by atoms with Gasteiger partial charge in [-0.15, -0.1) is 0 Å². The van der Waals surface area contributed by atoms with Gasteiger partial charge in [0.1, 0.15) is 22.9 Å². The molecule has 8 bridgehead atoms. The van der Waals surface area contributed by atoms with Crippen molar-refractivity contribution in [3.63, 3.8) is 0 Å². The maximum absolute atomic E-state index is 14.1. The number of fused-ring (bicyclic) bond motifs is 8. The zero-order chi connectivity index (χ0) is 42.6. The number of aryl methyl sites for hydroxylation is 5. The second-order valence-corrected chi connectivity index (χ2v) is 18.3. The highest BCUT2D eigenvalue weighted by molar-refractivity contribution is 6.05. The van der Waals surface area contributed by atoms with Crippen molar-refractivity contribution in [2.45, 2.75) is 163 Å². The van der Waals surface area contributed by atoms with Crippen molar-refractivity contribution >= 4 is 52.0 Å². The topological polar surface area (TPSA) is 173 Å². The molecule has 0 fully saturated rings. The predicted octanol–water partition coefficient (Wildman–Crippen LogP) is 8.18. The molecule has 2 unspecified atom stereocenters. The molecule has 1 aliphatic carbocycles. The van der Waals surface area contributed by atoms with Gasteiger partial charge in [0.15, 0.2) is 12.1 Å².